The van der Waals surface area contributed by atoms with Crippen molar-refractivity contribution < 1.29 is 9.84 Å². The van der Waals surface area contributed by atoms with Crippen LogP contribution >= 0.6 is 11.6 Å². The number of nitrogens with zero attached hydrogens (tertiary/aromatic N) is 2. The largest absolute Gasteiger partial charge is 0.503 e. The lowest BCUT2D eigenvalue weighted by Crippen LogP contribution is -1.94. The van der Waals surface area contributed by atoms with Crippen LogP contribution in [-0.2, 0) is 0 Å². The van der Waals surface area contributed by atoms with Gasteiger partial charge in [0, 0.05) is 6.07 Å². The van der Waals surface area contributed by atoms with Gasteiger partial charge in [-0.1, -0.05) is 23.7 Å². The highest BCUT2D eigenvalue weighted by atomic mass is 35.5. The Morgan fingerprint density at radius 2 is 2.00 bits per heavy atom. The van der Waals surface area contributed by atoms with Crippen LogP contribution < -0.4 is 4.74 Å². The molecule has 1 heterocycles. The van der Waals surface area contributed by atoms with Gasteiger partial charge in [-0.15, -0.1) is 10.2 Å². The van der Waals surface area contributed by atoms with Gasteiger partial charge in [-0.25, -0.2) is 0 Å². The van der Waals surface area contributed by atoms with Crippen LogP contribution in [0.25, 0.3) is 0 Å². The van der Waals surface area contributed by atoms with Crippen LogP contribution in [0.4, 0.5) is 0 Å². The monoisotopic (exact) mass is 250 g/mol. The van der Waals surface area contributed by atoms with Crippen LogP contribution in [0.5, 0.6) is 17.4 Å². The zero-order valence-electron chi connectivity index (χ0n) is 9.44. The second-order valence-corrected chi connectivity index (χ2v) is 4.04. The molecule has 0 bridgehead atoms. The summed E-state index contributed by atoms with van der Waals surface area (Å²) < 4.78 is 5.49. The highest BCUT2D eigenvalue weighted by Crippen LogP contribution is 2.31. The van der Waals surface area contributed by atoms with E-state index < -0.39 is 0 Å². The Kier molecular flexibility index (Phi) is 3.15. The molecule has 0 aliphatic heterocycles. The first kappa shape index (κ1) is 11.7. The van der Waals surface area contributed by atoms with Crippen molar-refractivity contribution in [3.05, 3.63) is 40.5 Å². The number of rotatable bonds is 2. The summed E-state index contributed by atoms with van der Waals surface area (Å²) in [5.74, 6) is 0.547. The second kappa shape index (κ2) is 4.59. The molecule has 5 heteroatoms. The number of aromatic nitrogens is 2. The molecule has 0 radical (unpaired) electrons. The maximum Gasteiger partial charge on any atom is 0.281 e. The highest BCUT2D eigenvalue weighted by Gasteiger charge is 2.09. The molecule has 0 unspecified atom stereocenters. The van der Waals surface area contributed by atoms with Gasteiger partial charge >= 0.3 is 0 Å². The molecule has 0 spiro atoms. The van der Waals surface area contributed by atoms with Crippen molar-refractivity contribution >= 4 is 11.6 Å². The van der Waals surface area contributed by atoms with Gasteiger partial charge in [0.25, 0.3) is 5.88 Å². The number of hydrogen-bond donors (Lipinski definition) is 1. The van der Waals surface area contributed by atoms with E-state index in [9.17, 15) is 5.11 Å². The smallest absolute Gasteiger partial charge is 0.281 e. The lowest BCUT2D eigenvalue weighted by molar-refractivity contribution is 0.390. The maximum absolute atomic E-state index is 9.60. The fraction of sp³-hybridized carbons (Fsp3) is 0.167. The molecule has 1 aromatic carbocycles. The summed E-state index contributed by atoms with van der Waals surface area (Å²) >= 11 is 5.59. The molecule has 0 saturated carbocycles. The first-order valence-electron chi connectivity index (χ1n) is 5.04. The number of hydrogen-bond acceptors (Lipinski definition) is 4. The van der Waals surface area contributed by atoms with Gasteiger partial charge in [0.1, 0.15) is 5.75 Å². The third-order valence-corrected chi connectivity index (χ3v) is 2.66. The molecule has 2 aromatic rings. The van der Waals surface area contributed by atoms with Crippen molar-refractivity contribution in [3.8, 4) is 17.4 Å². The van der Waals surface area contributed by atoms with Crippen LogP contribution in [0.15, 0.2) is 24.3 Å². The summed E-state index contributed by atoms with van der Waals surface area (Å²) in [5.41, 5.74) is 2.09. The Morgan fingerprint density at radius 1 is 1.24 bits per heavy atom. The van der Waals surface area contributed by atoms with Gasteiger partial charge in [0.2, 0.25) is 0 Å². The number of halogens is 1. The number of ether oxygens (including phenoxy) is 1. The molecule has 17 heavy (non-hydrogen) atoms. The lowest BCUT2D eigenvalue weighted by Gasteiger charge is -2.09. The van der Waals surface area contributed by atoms with Crippen LogP contribution in [0, 0.1) is 13.8 Å². The van der Waals surface area contributed by atoms with Gasteiger partial charge in [-0.2, -0.15) is 0 Å². The van der Waals surface area contributed by atoms with Gasteiger partial charge < -0.3 is 9.84 Å². The summed E-state index contributed by atoms with van der Waals surface area (Å²) in [4.78, 5) is 0. The van der Waals surface area contributed by atoms with Crippen molar-refractivity contribution in [2.24, 2.45) is 0 Å². The van der Waals surface area contributed by atoms with E-state index in [1.165, 1.54) is 6.07 Å². The Balaban J connectivity index is 2.35. The average Bonchev–Trinajstić information content (AvgIpc) is 2.28. The fourth-order valence-corrected chi connectivity index (χ4v) is 1.50. The molecule has 0 atom stereocenters. The van der Waals surface area contributed by atoms with Gasteiger partial charge in [0.05, 0.1) is 0 Å². The van der Waals surface area contributed by atoms with E-state index >= 15 is 0 Å². The molecule has 88 valence electrons. The van der Waals surface area contributed by atoms with E-state index in [1.54, 1.807) is 6.07 Å². The van der Waals surface area contributed by atoms with Gasteiger partial charge in [-0.3, -0.25) is 0 Å². The molecular weight excluding hydrogens is 240 g/mol. The molecule has 2 rings (SSSR count). The predicted octanol–water partition coefficient (Wildman–Crippen LogP) is 3.24. The zero-order chi connectivity index (χ0) is 12.4. The first-order chi connectivity index (χ1) is 8.08. The Labute approximate surface area is 104 Å². The molecular formula is C12H11ClN2O2. The zero-order valence-corrected chi connectivity index (χ0v) is 10.2. The highest BCUT2D eigenvalue weighted by molar-refractivity contribution is 6.29. The fourth-order valence-electron chi connectivity index (χ4n) is 1.36. The Morgan fingerprint density at radius 3 is 2.71 bits per heavy atom. The molecule has 4 nitrogen and oxygen atoms in total. The third-order valence-electron chi connectivity index (χ3n) is 2.47. The van der Waals surface area contributed by atoms with Crippen molar-refractivity contribution in [2.75, 3.05) is 0 Å². The molecule has 0 aliphatic rings. The molecule has 0 fully saturated rings. The Hall–Kier alpha value is -1.81. The van der Waals surface area contributed by atoms with E-state index in [4.69, 9.17) is 16.3 Å². The standard InChI is InChI=1S/C12H11ClN2O2/c1-7-4-3-5-10(8(7)2)17-12-9(16)6-11(13)14-15-12/h3-6H,1-2H3,(H,14,16). The van der Waals surface area contributed by atoms with Crippen molar-refractivity contribution in [2.45, 2.75) is 13.8 Å². The molecule has 0 saturated heterocycles. The molecule has 0 amide bonds. The van der Waals surface area contributed by atoms with E-state index in [1.807, 2.05) is 26.0 Å². The average molecular weight is 251 g/mol. The summed E-state index contributed by atoms with van der Waals surface area (Å²) in [6.07, 6.45) is 0. The minimum absolute atomic E-state index is 0.0445. The van der Waals surface area contributed by atoms with E-state index in [0.29, 0.717) is 5.75 Å². The van der Waals surface area contributed by atoms with E-state index in [-0.39, 0.29) is 16.8 Å². The van der Waals surface area contributed by atoms with Crippen LogP contribution in [0.2, 0.25) is 5.15 Å². The van der Waals surface area contributed by atoms with Gasteiger partial charge in [-0.05, 0) is 31.0 Å². The van der Waals surface area contributed by atoms with Crippen LogP contribution in [-0.4, -0.2) is 15.3 Å². The van der Waals surface area contributed by atoms with Crippen LogP contribution in [0.3, 0.4) is 0 Å². The topological polar surface area (TPSA) is 55.2 Å². The van der Waals surface area contributed by atoms with Gasteiger partial charge in [0.15, 0.2) is 10.9 Å². The lowest BCUT2D eigenvalue weighted by atomic mass is 10.1. The minimum Gasteiger partial charge on any atom is -0.503 e. The second-order valence-electron chi connectivity index (χ2n) is 3.66. The molecule has 1 N–H and O–H groups in total. The summed E-state index contributed by atoms with van der Waals surface area (Å²) in [5, 5.41) is 17.0. The molecule has 1 aromatic heterocycles. The van der Waals surface area contributed by atoms with Crippen LogP contribution in [0.1, 0.15) is 11.1 Å². The number of benzene rings is 1. The maximum atomic E-state index is 9.60. The Bertz CT molecular complexity index is 558. The van der Waals surface area contributed by atoms with E-state index in [2.05, 4.69) is 10.2 Å². The number of aryl methyl sites for hydroxylation is 1. The SMILES string of the molecule is Cc1cccc(Oc2nnc(Cl)cc2O)c1C. The normalized spacial score (nSPS) is 10.3. The van der Waals surface area contributed by atoms with E-state index in [0.717, 1.165) is 11.1 Å². The molecule has 0 aliphatic carbocycles. The van der Waals surface area contributed by atoms with Crippen molar-refractivity contribution in [3.63, 3.8) is 0 Å². The summed E-state index contributed by atoms with van der Waals surface area (Å²) in [6, 6.07) is 6.95. The minimum atomic E-state index is -0.133. The quantitative estimate of drug-likeness (QED) is 0.889. The van der Waals surface area contributed by atoms with Crippen molar-refractivity contribution in [1.82, 2.24) is 10.2 Å². The number of aromatic hydroxyl groups is 1. The first-order valence-corrected chi connectivity index (χ1v) is 5.42. The summed E-state index contributed by atoms with van der Waals surface area (Å²) in [7, 11) is 0. The third kappa shape index (κ3) is 2.47. The predicted molar refractivity (Wildman–Crippen MR) is 64.7 cm³/mol. The summed E-state index contributed by atoms with van der Waals surface area (Å²) in [6.45, 7) is 3.92. The van der Waals surface area contributed by atoms with Crippen molar-refractivity contribution in [1.29, 1.82) is 0 Å².